The van der Waals surface area contributed by atoms with Crippen LogP contribution in [-0.4, -0.2) is 54.5 Å². The second-order valence-electron chi connectivity index (χ2n) is 10.5. The lowest BCUT2D eigenvalue weighted by molar-refractivity contribution is 0.0545. The third-order valence-electron chi connectivity index (χ3n) is 4.54. The van der Waals surface area contributed by atoms with Gasteiger partial charge in [0.05, 0.1) is 16.3 Å². The van der Waals surface area contributed by atoms with Crippen molar-refractivity contribution in [1.29, 1.82) is 0 Å². The van der Waals surface area contributed by atoms with Crippen LogP contribution < -0.4 is 15.4 Å². The Morgan fingerprint density at radius 2 is 1.32 bits per heavy atom. The lowest BCUT2D eigenvalue weighted by atomic mass is 10.2. The summed E-state index contributed by atoms with van der Waals surface area (Å²) in [6.07, 6.45) is -1.60. The number of nitrogens with zero attached hydrogens (tertiary/aromatic N) is 1. The van der Waals surface area contributed by atoms with E-state index in [0.29, 0.717) is 17.2 Å². The molecule has 1 saturated heterocycles. The van der Waals surface area contributed by atoms with Gasteiger partial charge in [-0.05, 0) is 90.1 Å². The number of alkyl carbamates (subject to hydrolysis) is 2. The van der Waals surface area contributed by atoms with Crippen molar-refractivity contribution in [3.63, 3.8) is 0 Å². The third kappa shape index (κ3) is 10.3. The second kappa shape index (κ2) is 11.6. The molecule has 38 heavy (non-hydrogen) atoms. The van der Waals surface area contributed by atoms with E-state index < -0.39 is 33.2 Å². The van der Waals surface area contributed by atoms with Crippen molar-refractivity contribution in [1.82, 2.24) is 10.6 Å². The smallest absolute Gasteiger partial charge is 0.414 e. The summed E-state index contributed by atoms with van der Waals surface area (Å²) in [5.41, 5.74) is -1.10. The number of carbonyl (C=O) groups excluding carboxylic acids is 2. The molecule has 0 bridgehead atoms. The van der Waals surface area contributed by atoms with Gasteiger partial charge in [-0.25, -0.2) is 23.0 Å². The van der Waals surface area contributed by atoms with Gasteiger partial charge in [-0.3, -0.25) is 10.6 Å². The molecule has 0 aromatic heterocycles. The average molecular weight is 564 g/mol. The molecular weight excluding hydrogens is 530 g/mol. The van der Waals surface area contributed by atoms with Gasteiger partial charge >= 0.3 is 12.2 Å². The van der Waals surface area contributed by atoms with E-state index in [4.69, 9.17) is 14.2 Å². The number of hydrogen-bond donors (Lipinski definition) is 2. The number of rotatable bonds is 6. The Hall–Kier alpha value is -3.25. The molecule has 0 radical (unpaired) electrons. The second-order valence-corrected chi connectivity index (χ2v) is 13.9. The normalized spacial score (nSPS) is 15.2. The fourth-order valence-electron chi connectivity index (χ4n) is 2.96. The number of nitrogens with one attached hydrogen (secondary N) is 2. The van der Waals surface area contributed by atoms with Crippen molar-refractivity contribution in [3.8, 4) is 11.5 Å². The van der Waals surface area contributed by atoms with Crippen LogP contribution in [0.1, 0.15) is 41.5 Å². The zero-order valence-corrected chi connectivity index (χ0v) is 23.9. The van der Waals surface area contributed by atoms with E-state index in [-0.39, 0.29) is 21.9 Å². The predicted octanol–water partition coefficient (Wildman–Crippen LogP) is 5.40. The summed E-state index contributed by atoms with van der Waals surface area (Å²) in [4.78, 5) is 29.1. The van der Waals surface area contributed by atoms with Gasteiger partial charge in [-0.1, -0.05) is 0 Å². The van der Waals surface area contributed by atoms with E-state index >= 15 is 0 Å². The fourth-order valence-corrected chi connectivity index (χ4v) is 5.64. The summed E-state index contributed by atoms with van der Waals surface area (Å²) in [5.74, 6) is 1.81. The quantitative estimate of drug-likeness (QED) is 0.271. The molecule has 0 aliphatic carbocycles. The fraction of sp³-hybridized carbons (Fsp3) is 0.423. The molecule has 12 heteroatoms. The molecule has 0 spiro atoms. The number of hydrogen-bond acceptors (Lipinski definition) is 9. The first-order valence-corrected chi connectivity index (χ1v) is 14.6. The zero-order valence-electron chi connectivity index (χ0n) is 22.2. The standard InChI is InChI=1S/C26H33N3O7S2/c1-25(2,3)35-23(30)28-22(29-24(31)36-26(4,5)6)27-17-7-9-18(10-8-17)34-19-11-13-21(14-12-19)38(32,33)16-20-15-37-20/h7-14,20H,15-16H2,1-6H3,(H2,27,28,29,30,31). The Morgan fingerprint density at radius 3 is 1.74 bits per heavy atom. The largest absolute Gasteiger partial charge is 0.457 e. The van der Waals surface area contributed by atoms with Crippen LogP contribution in [-0.2, 0) is 19.3 Å². The summed E-state index contributed by atoms with van der Waals surface area (Å²) in [5, 5.41) is 5.03. The highest BCUT2D eigenvalue weighted by molar-refractivity contribution is 8.08. The Morgan fingerprint density at radius 1 is 0.868 bits per heavy atom. The van der Waals surface area contributed by atoms with Crippen LogP contribution in [0, 0.1) is 0 Å². The third-order valence-corrected chi connectivity index (χ3v) is 7.56. The highest BCUT2D eigenvalue weighted by atomic mass is 32.2. The van der Waals surface area contributed by atoms with E-state index in [2.05, 4.69) is 15.6 Å². The number of aliphatic imine (C=N–C) groups is 1. The Balaban J connectivity index is 1.70. The maximum Gasteiger partial charge on any atom is 0.414 e. The number of sulfone groups is 1. The molecule has 1 heterocycles. The monoisotopic (exact) mass is 563 g/mol. The maximum absolute atomic E-state index is 12.4. The number of carbonyl (C=O) groups is 2. The van der Waals surface area contributed by atoms with Crippen molar-refractivity contribution in [2.75, 3.05) is 11.5 Å². The number of benzene rings is 2. The Labute approximate surface area is 227 Å². The van der Waals surface area contributed by atoms with Crippen LogP contribution in [0.3, 0.4) is 0 Å². The number of amides is 2. The summed E-state index contributed by atoms with van der Waals surface area (Å²) in [6, 6.07) is 12.8. The molecule has 2 aromatic rings. The van der Waals surface area contributed by atoms with E-state index in [1.165, 1.54) is 12.1 Å². The van der Waals surface area contributed by atoms with Crippen molar-refractivity contribution < 1.29 is 32.2 Å². The zero-order chi connectivity index (χ0) is 28.1. The van der Waals surface area contributed by atoms with Gasteiger partial charge in [0.15, 0.2) is 9.84 Å². The highest BCUT2D eigenvalue weighted by Crippen LogP contribution is 2.33. The minimum absolute atomic E-state index is 0.146. The number of thioether (sulfide) groups is 1. The van der Waals surface area contributed by atoms with Gasteiger partial charge in [0.2, 0.25) is 5.96 Å². The summed E-state index contributed by atoms with van der Waals surface area (Å²) in [6.45, 7) is 10.3. The Bertz CT molecular complexity index is 1240. The molecule has 1 aliphatic heterocycles. The molecule has 1 atom stereocenters. The summed E-state index contributed by atoms with van der Waals surface area (Å²) >= 11 is 1.64. The van der Waals surface area contributed by atoms with Crippen LogP contribution in [0.4, 0.5) is 15.3 Å². The first-order valence-electron chi connectivity index (χ1n) is 11.9. The molecule has 3 rings (SSSR count). The molecule has 10 nitrogen and oxygen atoms in total. The molecule has 1 aliphatic rings. The maximum atomic E-state index is 12.4. The van der Waals surface area contributed by atoms with Gasteiger partial charge in [0.1, 0.15) is 22.7 Å². The van der Waals surface area contributed by atoms with Crippen molar-refractivity contribution >= 4 is 45.4 Å². The van der Waals surface area contributed by atoms with Gasteiger partial charge < -0.3 is 14.2 Å². The van der Waals surface area contributed by atoms with Crippen molar-refractivity contribution in [3.05, 3.63) is 48.5 Å². The average Bonchev–Trinajstić information content (AvgIpc) is 3.56. The lowest BCUT2D eigenvalue weighted by Crippen LogP contribution is -2.47. The van der Waals surface area contributed by atoms with Gasteiger partial charge in [0.25, 0.3) is 0 Å². The van der Waals surface area contributed by atoms with Crippen LogP contribution in [0.15, 0.2) is 58.4 Å². The van der Waals surface area contributed by atoms with Crippen LogP contribution >= 0.6 is 11.8 Å². The molecule has 1 unspecified atom stereocenters. The molecule has 2 N–H and O–H groups in total. The molecular formula is C26H33N3O7S2. The SMILES string of the molecule is CC(C)(C)OC(=O)NC(=Nc1ccc(Oc2ccc(S(=O)(=O)CC3CS3)cc2)cc1)NC(=O)OC(C)(C)C. The van der Waals surface area contributed by atoms with Gasteiger partial charge in [-0.15, -0.1) is 0 Å². The summed E-state index contributed by atoms with van der Waals surface area (Å²) in [7, 11) is -3.31. The summed E-state index contributed by atoms with van der Waals surface area (Å²) < 4.78 is 41.1. The van der Waals surface area contributed by atoms with E-state index in [1.807, 2.05) is 0 Å². The number of guanidine groups is 1. The lowest BCUT2D eigenvalue weighted by Gasteiger charge is -2.22. The van der Waals surface area contributed by atoms with E-state index in [0.717, 1.165) is 5.75 Å². The minimum Gasteiger partial charge on any atom is -0.457 e. The topological polar surface area (TPSA) is 132 Å². The van der Waals surface area contributed by atoms with Crippen LogP contribution in [0.5, 0.6) is 11.5 Å². The van der Waals surface area contributed by atoms with Crippen molar-refractivity contribution in [2.24, 2.45) is 4.99 Å². The molecule has 2 amide bonds. The molecule has 1 fully saturated rings. The van der Waals surface area contributed by atoms with E-state index in [9.17, 15) is 18.0 Å². The number of ether oxygens (including phenoxy) is 3. The molecule has 2 aromatic carbocycles. The first kappa shape index (κ1) is 29.3. The van der Waals surface area contributed by atoms with Crippen molar-refractivity contribution in [2.45, 2.75) is 62.9 Å². The Kier molecular flexibility index (Phi) is 8.98. The predicted molar refractivity (Wildman–Crippen MR) is 147 cm³/mol. The highest BCUT2D eigenvalue weighted by Gasteiger charge is 2.30. The van der Waals surface area contributed by atoms with E-state index in [1.54, 1.807) is 89.7 Å². The first-order chi connectivity index (χ1) is 17.6. The molecule has 206 valence electrons. The van der Waals surface area contributed by atoms with Gasteiger partial charge in [-0.2, -0.15) is 11.8 Å². The minimum atomic E-state index is -3.31. The molecule has 0 saturated carbocycles. The van der Waals surface area contributed by atoms with Crippen LogP contribution in [0.2, 0.25) is 0 Å². The van der Waals surface area contributed by atoms with Crippen LogP contribution in [0.25, 0.3) is 0 Å². The van der Waals surface area contributed by atoms with Gasteiger partial charge in [0, 0.05) is 11.0 Å².